The third kappa shape index (κ3) is 2.36. The molecule has 3 N–H and O–H groups in total. The van der Waals surface area contributed by atoms with Crippen LogP contribution in [0.2, 0.25) is 0 Å². The van der Waals surface area contributed by atoms with E-state index in [4.69, 9.17) is 18.3 Å². The molecule has 0 aliphatic carbocycles. The maximum absolute atomic E-state index is 11.6. The molecule has 8 heteroatoms. The quantitative estimate of drug-likeness (QED) is 0.574. The van der Waals surface area contributed by atoms with Crippen LogP contribution in [0.1, 0.15) is 0 Å². The zero-order valence-corrected chi connectivity index (χ0v) is 12.3. The largest absolute Gasteiger partial charge is 0.460 e. The van der Waals surface area contributed by atoms with Crippen molar-refractivity contribution in [3.8, 4) is 5.75 Å². The van der Waals surface area contributed by atoms with Crippen molar-refractivity contribution in [1.29, 1.82) is 0 Å². The van der Waals surface area contributed by atoms with Crippen LogP contribution in [0.3, 0.4) is 0 Å². The predicted octanol–water partition coefficient (Wildman–Crippen LogP) is 0.357. The third-order valence-corrected chi connectivity index (χ3v) is 3.97. The highest BCUT2D eigenvalue weighted by Gasteiger charge is 2.39. The fourth-order valence-electron chi connectivity index (χ4n) is 2.71. The normalized spacial score (nSPS) is 27.6. The molecule has 24 heavy (non-hydrogen) atoms. The first-order valence-electron chi connectivity index (χ1n) is 7.31. The summed E-state index contributed by atoms with van der Waals surface area (Å²) in [6.07, 6.45) is -3.92. The van der Waals surface area contributed by atoms with E-state index in [1.807, 2.05) is 0 Å². The van der Waals surface area contributed by atoms with Gasteiger partial charge in [-0.1, -0.05) is 0 Å². The Kier molecular flexibility index (Phi) is 3.54. The summed E-state index contributed by atoms with van der Waals surface area (Å²) < 4.78 is 21.5. The molecule has 1 saturated heterocycles. The van der Waals surface area contributed by atoms with E-state index in [0.717, 1.165) is 0 Å². The van der Waals surface area contributed by atoms with Crippen LogP contribution in [0.5, 0.6) is 5.75 Å². The van der Waals surface area contributed by atoms with Gasteiger partial charge in [-0.05, 0) is 18.2 Å². The average Bonchev–Trinajstić information content (AvgIpc) is 3.03. The van der Waals surface area contributed by atoms with Gasteiger partial charge >= 0.3 is 5.63 Å². The molecular weight excluding hydrogens is 320 g/mol. The van der Waals surface area contributed by atoms with Crippen LogP contribution in [0.4, 0.5) is 0 Å². The van der Waals surface area contributed by atoms with Gasteiger partial charge in [0.25, 0.3) is 0 Å². The van der Waals surface area contributed by atoms with Gasteiger partial charge in [-0.3, -0.25) is 0 Å². The number of furan rings is 1. The van der Waals surface area contributed by atoms with E-state index >= 15 is 0 Å². The van der Waals surface area contributed by atoms with Gasteiger partial charge in [0.1, 0.15) is 18.3 Å². The fraction of sp³-hybridized carbons (Fsp3) is 0.312. The molecule has 0 radical (unpaired) electrons. The maximum atomic E-state index is 11.6. The maximum Gasteiger partial charge on any atom is 0.336 e. The number of hydrogen-bond donors (Lipinski definition) is 3. The highest BCUT2D eigenvalue weighted by molar-refractivity contribution is 5.99. The van der Waals surface area contributed by atoms with E-state index in [-0.39, 0.29) is 17.9 Å². The molecule has 4 rings (SSSR count). The van der Waals surface area contributed by atoms with Gasteiger partial charge in [-0.2, -0.15) is 0 Å². The van der Waals surface area contributed by atoms with Gasteiger partial charge in [0.05, 0.1) is 12.9 Å². The second-order valence-corrected chi connectivity index (χ2v) is 5.59. The summed E-state index contributed by atoms with van der Waals surface area (Å²) in [5.74, 6) is 0.0813. The third-order valence-electron chi connectivity index (χ3n) is 3.97. The predicted molar refractivity (Wildman–Crippen MR) is 80.6 cm³/mol. The summed E-state index contributed by atoms with van der Waals surface area (Å²) in [5, 5.41) is 30.6. The molecule has 126 valence electrons. The Hall–Kier alpha value is -2.39. The first-order chi connectivity index (χ1) is 11.5. The van der Waals surface area contributed by atoms with E-state index in [0.29, 0.717) is 16.4 Å². The highest BCUT2D eigenvalue weighted by atomic mass is 16.7. The first-order valence-corrected chi connectivity index (χ1v) is 7.31. The zero-order valence-electron chi connectivity index (χ0n) is 12.3. The Morgan fingerprint density at radius 2 is 1.83 bits per heavy atom. The first kappa shape index (κ1) is 15.2. The smallest absolute Gasteiger partial charge is 0.336 e. The van der Waals surface area contributed by atoms with Crippen molar-refractivity contribution in [3.05, 3.63) is 40.9 Å². The minimum Gasteiger partial charge on any atom is -0.460 e. The second-order valence-electron chi connectivity index (χ2n) is 5.59. The van der Waals surface area contributed by atoms with E-state index in [1.54, 1.807) is 18.2 Å². The minimum absolute atomic E-state index is 0.0813. The van der Waals surface area contributed by atoms with Gasteiger partial charge in [0, 0.05) is 16.8 Å². The molecule has 0 amide bonds. The molecular formula is C16H14O8. The molecule has 3 heterocycles. The monoisotopic (exact) mass is 334 g/mol. The van der Waals surface area contributed by atoms with Gasteiger partial charge in [0.2, 0.25) is 12.0 Å². The molecule has 1 aliphatic rings. The summed E-state index contributed by atoms with van der Waals surface area (Å²) in [4.78, 5) is 11.6. The molecule has 2 aromatic heterocycles. The van der Waals surface area contributed by atoms with Crippen LogP contribution < -0.4 is 10.4 Å². The molecule has 1 aliphatic heterocycles. The van der Waals surface area contributed by atoms with Crippen molar-refractivity contribution >= 4 is 21.9 Å². The number of aliphatic hydroxyl groups excluding tert-OH is 3. The Bertz CT molecular complexity index is 942. The summed E-state index contributed by atoms with van der Waals surface area (Å²) in [7, 11) is 0. The Balaban J connectivity index is 1.83. The van der Waals surface area contributed by atoms with E-state index in [2.05, 4.69) is 0 Å². The molecule has 4 atom stereocenters. The van der Waals surface area contributed by atoms with E-state index in [9.17, 15) is 20.1 Å². The van der Waals surface area contributed by atoms with Crippen molar-refractivity contribution in [2.45, 2.75) is 24.6 Å². The van der Waals surface area contributed by atoms with E-state index in [1.165, 1.54) is 12.3 Å². The van der Waals surface area contributed by atoms with Crippen LogP contribution in [-0.2, 0) is 4.74 Å². The lowest BCUT2D eigenvalue weighted by molar-refractivity contribution is -0.241. The second kappa shape index (κ2) is 5.60. The van der Waals surface area contributed by atoms with Crippen molar-refractivity contribution in [3.63, 3.8) is 0 Å². The van der Waals surface area contributed by atoms with Gasteiger partial charge < -0.3 is 33.6 Å². The van der Waals surface area contributed by atoms with Crippen molar-refractivity contribution in [1.82, 2.24) is 0 Å². The lowest BCUT2D eigenvalue weighted by Crippen LogP contribution is -2.54. The Morgan fingerprint density at radius 1 is 1.04 bits per heavy atom. The molecule has 0 bridgehead atoms. The number of hydrogen-bond acceptors (Lipinski definition) is 8. The average molecular weight is 334 g/mol. The van der Waals surface area contributed by atoms with Crippen LogP contribution in [0, 0.1) is 0 Å². The van der Waals surface area contributed by atoms with Crippen molar-refractivity contribution in [2.75, 3.05) is 6.61 Å². The van der Waals surface area contributed by atoms with Gasteiger partial charge in [0.15, 0.2) is 11.2 Å². The topological polar surface area (TPSA) is 123 Å². The van der Waals surface area contributed by atoms with E-state index < -0.39 is 30.2 Å². The highest BCUT2D eigenvalue weighted by Crippen LogP contribution is 2.36. The summed E-state index contributed by atoms with van der Waals surface area (Å²) in [5.41, 5.74) is -0.117. The Labute approximate surface area is 134 Å². The van der Waals surface area contributed by atoms with Crippen LogP contribution in [0.25, 0.3) is 21.9 Å². The number of fused-ring (bicyclic) bond motifs is 2. The molecule has 1 aromatic carbocycles. The van der Waals surface area contributed by atoms with Crippen LogP contribution in [0.15, 0.2) is 44.2 Å². The number of ether oxygens (including phenoxy) is 2. The fourth-order valence-corrected chi connectivity index (χ4v) is 2.71. The standard InChI is InChI=1S/C16H14O8/c17-9-6-22-16(12(20)11(9)19)24-15-13-8(3-4-21-13)5-7-1-2-10(18)23-14(7)15/h1-5,9,11-12,16-17,19-20H,6H2/t9-,11-,12+,16+/m0/s1. The summed E-state index contributed by atoms with van der Waals surface area (Å²) in [6, 6.07) is 6.34. The van der Waals surface area contributed by atoms with Crippen molar-refractivity contribution in [2.24, 2.45) is 0 Å². The van der Waals surface area contributed by atoms with Crippen molar-refractivity contribution < 1.29 is 33.6 Å². The molecule has 0 spiro atoms. The van der Waals surface area contributed by atoms with Gasteiger partial charge in [-0.15, -0.1) is 0 Å². The summed E-state index contributed by atoms with van der Waals surface area (Å²) >= 11 is 0. The van der Waals surface area contributed by atoms with Gasteiger partial charge in [-0.25, -0.2) is 4.79 Å². The zero-order chi connectivity index (χ0) is 16.8. The molecule has 0 unspecified atom stereocenters. The molecule has 0 saturated carbocycles. The lowest BCUT2D eigenvalue weighted by atomic mass is 10.1. The Morgan fingerprint density at radius 3 is 2.67 bits per heavy atom. The SMILES string of the molecule is O=c1ccc2cc3ccoc3c(O[C@H]3OC[C@H](O)[C@H](O)[C@H]3O)c2o1. The van der Waals surface area contributed by atoms with Crippen LogP contribution in [-0.4, -0.2) is 46.5 Å². The summed E-state index contributed by atoms with van der Waals surface area (Å²) in [6.45, 7) is -0.209. The van der Waals surface area contributed by atoms with Crippen LogP contribution >= 0.6 is 0 Å². The number of aliphatic hydroxyl groups is 3. The molecule has 1 fully saturated rings. The lowest BCUT2D eigenvalue weighted by Gasteiger charge is -2.34. The molecule has 8 nitrogen and oxygen atoms in total. The molecule has 3 aromatic rings. The number of rotatable bonds is 2. The number of benzene rings is 1. The minimum atomic E-state index is -1.48.